The first-order valence-electron chi connectivity index (χ1n) is 8.85. The third-order valence-corrected chi connectivity index (χ3v) is 4.99. The molecule has 138 valence electrons. The molecular weight excluding hydrogens is 348 g/mol. The Kier molecular flexibility index (Phi) is 6.25. The van der Waals surface area contributed by atoms with Gasteiger partial charge in [-0.05, 0) is 38.4 Å². The van der Waals surface area contributed by atoms with Gasteiger partial charge in [-0.3, -0.25) is 14.7 Å². The van der Waals surface area contributed by atoms with Crippen molar-refractivity contribution in [2.45, 2.75) is 12.6 Å². The fourth-order valence-electron chi connectivity index (χ4n) is 3.52. The third-order valence-electron chi connectivity index (χ3n) is 4.66. The molecule has 1 aliphatic rings. The lowest BCUT2D eigenvalue weighted by Gasteiger charge is -2.23. The van der Waals surface area contributed by atoms with E-state index in [9.17, 15) is 4.79 Å². The van der Waals surface area contributed by atoms with Crippen LogP contribution < -0.4 is 5.32 Å². The van der Waals surface area contributed by atoms with E-state index in [1.807, 2.05) is 36.5 Å². The van der Waals surface area contributed by atoms with E-state index >= 15 is 0 Å². The Balaban J connectivity index is 1.69. The summed E-state index contributed by atoms with van der Waals surface area (Å²) in [5.41, 5.74) is 1.58. The van der Waals surface area contributed by atoms with Gasteiger partial charge in [-0.15, -0.1) is 0 Å². The topological polar surface area (TPSA) is 48.5 Å². The smallest absolute Gasteiger partial charge is 0.253 e. The minimum Gasteiger partial charge on any atom is -0.348 e. The summed E-state index contributed by atoms with van der Waals surface area (Å²) in [6.45, 7) is 3.46. The number of halogens is 1. The van der Waals surface area contributed by atoms with Crippen LogP contribution in [-0.2, 0) is 6.54 Å². The lowest BCUT2D eigenvalue weighted by molar-refractivity contribution is 0.0927. The summed E-state index contributed by atoms with van der Waals surface area (Å²) in [4.78, 5) is 21.6. The molecule has 0 radical (unpaired) electrons. The van der Waals surface area contributed by atoms with Crippen LogP contribution in [0, 0.1) is 5.92 Å². The monoisotopic (exact) mass is 372 g/mol. The second-order valence-electron chi connectivity index (χ2n) is 7.10. The molecule has 1 N–H and O–H groups in total. The number of nitrogens with zero attached hydrogens (tertiary/aromatic N) is 3. The van der Waals surface area contributed by atoms with Crippen molar-refractivity contribution in [3.63, 3.8) is 0 Å². The van der Waals surface area contributed by atoms with Crippen LogP contribution in [0.25, 0.3) is 0 Å². The van der Waals surface area contributed by atoms with Gasteiger partial charge < -0.3 is 10.2 Å². The van der Waals surface area contributed by atoms with E-state index < -0.39 is 0 Å². The Morgan fingerprint density at radius 2 is 2.00 bits per heavy atom. The molecule has 1 aliphatic heterocycles. The summed E-state index contributed by atoms with van der Waals surface area (Å²) in [6, 6.07) is 13.2. The number of likely N-dealkylation sites (tertiary alicyclic amines) is 1. The van der Waals surface area contributed by atoms with Gasteiger partial charge in [-0.1, -0.05) is 29.8 Å². The Hall–Kier alpha value is -1.95. The first kappa shape index (κ1) is 18.8. The lowest BCUT2D eigenvalue weighted by atomic mass is 10.0. The number of rotatable bonds is 6. The molecule has 1 aromatic heterocycles. The molecule has 0 spiro atoms. The maximum atomic E-state index is 12.7. The number of hydrogen-bond donors (Lipinski definition) is 1. The van der Waals surface area contributed by atoms with E-state index in [-0.39, 0.29) is 11.9 Å². The highest BCUT2D eigenvalue weighted by atomic mass is 35.5. The van der Waals surface area contributed by atoms with Crippen LogP contribution in [0.15, 0.2) is 48.7 Å². The van der Waals surface area contributed by atoms with Crippen molar-refractivity contribution in [1.29, 1.82) is 0 Å². The van der Waals surface area contributed by atoms with Crippen LogP contribution >= 0.6 is 11.6 Å². The quantitative estimate of drug-likeness (QED) is 0.846. The Morgan fingerprint density at radius 3 is 2.69 bits per heavy atom. The van der Waals surface area contributed by atoms with E-state index in [2.05, 4.69) is 34.2 Å². The van der Waals surface area contributed by atoms with Crippen molar-refractivity contribution < 1.29 is 4.79 Å². The molecule has 1 saturated heterocycles. The summed E-state index contributed by atoms with van der Waals surface area (Å²) >= 11 is 6.17. The standard InChI is InChI=1S/C20H25ClN4O/c1-24(2)11-15-12-25(13-16-7-5-6-10-22-16)14-19(15)23-20(26)17-8-3-4-9-18(17)21/h3-10,15,19H,11-14H2,1-2H3,(H,23,26)/t15-,19-/m1/s1. The summed E-state index contributed by atoms with van der Waals surface area (Å²) < 4.78 is 0. The first-order chi connectivity index (χ1) is 12.5. The summed E-state index contributed by atoms with van der Waals surface area (Å²) in [5.74, 6) is 0.254. The maximum absolute atomic E-state index is 12.7. The number of nitrogens with one attached hydrogen (secondary N) is 1. The van der Waals surface area contributed by atoms with Gasteiger partial charge in [0.2, 0.25) is 0 Å². The fourth-order valence-corrected chi connectivity index (χ4v) is 3.74. The van der Waals surface area contributed by atoms with Crippen LogP contribution in [0.3, 0.4) is 0 Å². The first-order valence-corrected chi connectivity index (χ1v) is 9.23. The number of aromatic nitrogens is 1. The summed E-state index contributed by atoms with van der Waals surface area (Å²) in [6.07, 6.45) is 1.82. The van der Waals surface area contributed by atoms with Gasteiger partial charge in [0.15, 0.2) is 0 Å². The van der Waals surface area contributed by atoms with Crippen molar-refractivity contribution in [3.8, 4) is 0 Å². The Bertz CT molecular complexity index is 738. The Morgan fingerprint density at radius 1 is 1.23 bits per heavy atom. The number of amides is 1. The maximum Gasteiger partial charge on any atom is 0.253 e. The van der Waals surface area contributed by atoms with Crippen LogP contribution in [0.4, 0.5) is 0 Å². The number of benzene rings is 1. The number of pyridine rings is 1. The van der Waals surface area contributed by atoms with E-state index in [1.165, 1.54) is 0 Å². The van der Waals surface area contributed by atoms with Crippen LogP contribution in [0.5, 0.6) is 0 Å². The van der Waals surface area contributed by atoms with Crippen molar-refractivity contribution in [2.24, 2.45) is 5.92 Å². The number of hydrogen-bond acceptors (Lipinski definition) is 4. The van der Waals surface area contributed by atoms with E-state index in [1.54, 1.807) is 12.1 Å². The van der Waals surface area contributed by atoms with Gasteiger partial charge in [0.05, 0.1) is 16.3 Å². The van der Waals surface area contributed by atoms with Gasteiger partial charge in [0, 0.05) is 44.3 Å². The van der Waals surface area contributed by atoms with E-state index in [0.29, 0.717) is 16.5 Å². The fraction of sp³-hybridized carbons (Fsp3) is 0.400. The van der Waals surface area contributed by atoms with Crippen LogP contribution in [0.1, 0.15) is 16.1 Å². The zero-order chi connectivity index (χ0) is 18.5. The average molecular weight is 373 g/mol. The zero-order valence-corrected chi connectivity index (χ0v) is 16.0. The van der Waals surface area contributed by atoms with Gasteiger partial charge in [-0.2, -0.15) is 0 Å². The minimum atomic E-state index is -0.107. The van der Waals surface area contributed by atoms with E-state index in [0.717, 1.165) is 31.9 Å². The summed E-state index contributed by atoms with van der Waals surface area (Å²) in [7, 11) is 4.13. The normalized spacial score (nSPS) is 20.5. The molecule has 1 amide bonds. The molecule has 0 unspecified atom stereocenters. The van der Waals surface area contributed by atoms with Gasteiger partial charge in [0.1, 0.15) is 0 Å². The van der Waals surface area contributed by atoms with Crippen LogP contribution in [0.2, 0.25) is 5.02 Å². The summed E-state index contributed by atoms with van der Waals surface area (Å²) in [5, 5.41) is 3.68. The van der Waals surface area contributed by atoms with Crippen molar-refractivity contribution in [3.05, 3.63) is 64.9 Å². The van der Waals surface area contributed by atoms with Gasteiger partial charge >= 0.3 is 0 Å². The second kappa shape index (κ2) is 8.62. The molecule has 26 heavy (non-hydrogen) atoms. The second-order valence-corrected chi connectivity index (χ2v) is 7.50. The lowest BCUT2D eigenvalue weighted by Crippen LogP contribution is -2.43. The van der Waals surface area contributed by atoms with Gasteiger partial charge in [0.25, 0.3) is 5.91 Å². The molecule has 1 aromatic carbocycles. The van der Waals surface area contributed by atoms with Crippen LogP contribution in [-0.4, -0.2) is 60.5 Å². The number of carbonyl (C=O) groups excluding carboxylic acids is 1. The molecule has 3 rings (SSSR count). The highest BCUT2D eigenvalue weighted by Gasteiger charge is 2.34. The third kappa shape index (κ3) is 4.81. The Labute approximate surface area is 160 Å². The molecular formula is C20H25ClN4O. The zero-order valence-electron chi connectivity index (χ0n) is 15.2. The van der Waals surface area contributed by atoms with Gasteiger partial charge in [-0.25, -0.2) is 0 Å². The molecule has 1 fully saturated rings. The minimum absolute atomic E-state index is 0.0879. The molecule has 2 heterocycles. The van der Waals surface area contributed by atoms with Crippen molar-refractivity contribution in [1.82, 2.24) is 20.1 Å². The predicted molar refractivity (Wildman–Crippen MR) is 104 cm³/mol. The molecule has 0 bridgehead atoms. The predicted octanol–water partition coefficient (Wildman–Crippen LogP) is 2.53. The highest BCUT2D eigenvalue weighted by Crippen LogP contribution is 2.21. The molecule has 0 aliphatic carbocycles. The molecule has 0 saturated carbocycles. The highest BCUT2D eigenvalue weighted by molar-refractivity contribution is 6.33. The molecule has 2 atom stereocenters. The molecule has 6 heteroatoms. The van der Waals surface area contributed by atoms with E-state index in [4.69, 9.17) is 11.6 Å². The largest absolute Gasteiger partial charge is 0.348 e. The molecule has 2 aromatic rings. The molecule has 5 nitrogen and oxygen atoms in total. The SMILES string of the molecule is CN(C)C[C@@H]1CN(Cc2ccccn2)C[C@H]1NC(=O)c1ccccc1Cl. The van der Waals surface area contributed by atoms with Crippen molar-refractivity contribution in [2.75, 3.05) is 33.7 Å². The average Bonchev–Trinajstić information content (AvgIpc) is 2.96. The van der Waals surface area contributed by atoms with Crippen molar-refractivity contribution >= 4 is 17.5 Å². The number of carbonyl (C=O) groups is 1.